The van der Waals surface area contributed by atoms with Gasteiger partial charge >= 0.3 is 0 Å². The maximum Gasteiger partial charge on any atom is 0.188 e. The molecule has 72 valence electrons. The highest BCUT2D eigenvalue weighted by Crippen LogP contribution is 1.92. The molecular formula is C8H15N5. The first-order chi connectivity index (χ1) is 6.33. The van der Waals surface area contributed by atoms with Crippen LogP contribution in [0.25, 0.3) is 0 Å². The molecule has 0 unspecified atom stereocenters. The Bertz CT molecular complexity index is 252. The lowest BCUT2D eigenvalue weighted by Crippen LogP contribution is -2.32. The fourth-order valence-corrected chi connectivity index (χ4v) is 0.986. The van der Waals surface area contributed by atoms with Crippen LogP contribution in [0, 0.1) is 0 Å². The normalized spacial score (nSPS) is 11.6. The quantitative estimate of drug-likeness (QED) is 0.344. The predicted octanol–water partition coefficient (Wildman–Crippen LogP) is -0.124. The molecule has 1 aromatic rings. The first-order valence-electron chi connectivity index (χ1n) is 4.27. The van der Waals surface area contributed by atoms with Gasteiger partial charge in [0, 0.05) is 32.4 Å². The Hall–Kier alpha value is -1.52. The second-order valence-corrected chi connectivity index (χ2v) is 2.68. The first kappa shape index (κ1) is 9.57. The van der Waals surface area contributed by atoms with Crippen molar-refractivity contribution in [3.63, 3.8) is 0 Å². The largest absolute Gasteiger partial charge is 0.370 e. The highest BCUT2D eigenvalue weighted by atomic mass is 15.1. The van der Waals surface area contributed by atoms with Crippen LogP contribution < -0.4 is 11.1 Å². The van der Waals surface area contributed by atoms with E-state index in [0.717, 1.165) is 25.2 Å². The SMILES string of the molecule is CN=C(N)NCCCc1ncc[nH]1. The van der Waals surface area contributed by atoms with Gasteiger partial charge in [-0.3, -0.25) is 4.99 Å². The Morgan fingerprint density at radius 2 is 2.62 bits per heavy atom. The molecule has 0 aliphatic heterocycles. The summed E-state index contributed by atoms with van der Waals surface area (Å²) >= 11 is 0. The fraction of sp³-hybridized carbons (Fsp3) is 0.500. The zero-order valence-corrected chi connectivity index (χ0v) is 7.75. The smallest absolute Gasteiger partial charge is 0.188 e. The maximum absolute atomic E-state index is 5.45. The summed E-state index contributed by atoms with van der Waals surface area (Å²) < 4.78 is 0. The van der Waals surface area contributed by atoms with Gasteiger partial charge in [0.15, 0.2) is 5.96 Å². The monoisotopic (exact) mass is 181 g/mol. The Kier molecular flexibility index (Phi) is 3.81. The van der Waals surface area contributed by atoms with Crippen molar-refractivity contribution in [2.24, 2.45) is 10.7 Å². The van der Waals surface area contributed by atoms with Gasteiger partial charge in [-0.1, -0.05) is 0 Å². The number of aliphatic imine (C=N–C) groups is 1. The Labute approximate surface area is 77.5 Å². The number of H-pyrrole nitrogens is 1. The molecule has 1 aromatic heterocycles. The third-order valence-corrected chi connectivity index (χ3v) is 1.69. The number of aromatic amines is 1. The Morgan fingerprint density at radius 1 is 1.77 bits per heavy atom. The van der Waals surface area contributed by atoms with Gasteiger partial charge in [0.05, 0.1) is 0 Å². The molecule has 0 aliphatic rings. The molecular weight excluding hydrogens is 166 g/mol. The van der Waals surface area contributed by atoms with Gasteiger partial charge in [0.1, 0.15) is 5.82 Å². The lowest BCUT2D eigenvalue weighted by atomic mass is 10.3. The molecule has 4 N–H and O–H groups in total. The third kappa shape index (κ3) is 3.59. The summed E-state index contributed by atoms with van der Waals surface area (Å²) in [6.07, 6.45) is 5.50. The minimum atomic E-state index is 0.486. The number of nitrogens with zero attached hydrogens (tertiary/aromatic N) is 2. The summed E-state index contributed by atoms with van der Waals surface area (Å²) in [6.45, 7) is 0.823. The number of hydrogen-bond acceptors (Lipinski definition) is 2. The minimum absolute atomic E-state index is 0.486. The van der Waals surface area contributed by atoms with E-state index in [-0.39, 0.29) is 0 Å². The molecule has 0 aromatic carbocycles. The number of nitrogens with two attached hydrogens (primary N) is 1. The maximum atomic E-state index is 5.45. The molecule has 1 heterocycles. The van der Waals surface area contributed by atoms with Gasteiger partial charge in [-0.2, -0.15) is 0 Å². The highest BCUT2D eigenvalue weighted by Gasteiger charge is 1.94. The van der Waals surface area contributed by atoms with Gasteiger partial charge in [0.25, 0.3) is 0 Å². The average Bonchev–Trinajstić information content (AvgIpc) is 2.64. The standard InChI is InChI=1S/C8H15N5/c1-10-8(9)13-4-2-3-7-11-5-6-12-7/h5-6H,2-4H2,1H3,(H,11,12)(H3,9,10,13). The van der Waals surface area contributed by atoms with E-state index in [1.165, 1.54) is 0 Å². The number of imidazole rings is 1. The molecule has 0 amide bonds. The van der Waals surface area contributed by atoms with Crippen LogP contribution in [-0.2, 0) is 6.42 Å². The molecule has 13 heavy (non-hydrogen) atoms. The van der Waals surface area contributed by atoms with Crippen molar-refractivity contribution in [3.05, 3.63) is 18.2 Å². The van der Waals surface area contributed by atoms with Gasteiger partial charge in [-0.25, -0.2) is 4.98 Å². The second kappa shape index (κ2) is 5.18. The van der Waals surface area contributed by atoms with E-state index in [9.17, 15) is 0 Å². The molecule has 1 rings (SSSR count). The molecule has 0 aliphatic carbocycles. The van der Waals surface area contributed by atoms with Gasteiger partial charge in [-0.05, 0) is 6.42 Å². The van der Waals surface area contributed by atoms with Gasteiger partial charge in [0.2, 0.25) is 0 Å². The molecule has 0 saturated heterocycles. The van der Waals surface area contributed by atoms with Crippen molar-refractivity contribution >= 4 is 5.96 Å². The topological polar surface area (TPSA) is 79.1 Å². The van der Waals surface area contributed by atoms with E-state index < -0.39 is 0 Å². The van der Waals surface area contributed by atoms with Crippen LogP contribution in [0.1, 0.15) is 12.2 Å². The van der Waals surface area contributed by atoms with Crippen LogP contribution in [0.2, 0.25) is 0 Å². The van der Waals surface area contributed by atoms with Crippen LogP contribution in [0.4, 0.5) is 0 Å². The molecule has 0 fully saturated rings. The third-order valence-electron chi connectivity index (χ3n) is 1.69. The number of nitrogens with one attached hydrogen (secondary N) is 2. The Morgan fingerprint density at radius 3 is 3.23 bits per heavy atom. The minimum Gasteiger partial charge on any atom is -0.370 e. The first-order valence-corrected chi connectivity index (χ1v) is 4.27. The van der Waals surface area contributed by atoms with E-state index in [1.54, 1.807) is 13.2 Å². The number of hydrogen-bond donors (Lipinski definition) is 3. The van der Waals surface area contributed by atoms with Crippen molar-refractivity contribution in [1.29, 1.82) is 0 Å². The summed E-state index contributed by atoms with van der Waals surface area (Å²) in [5.74, 6) is 1.49. The van der Waals surface area contributed by atoms with E-state index in [2.05, 4.69) is 20.3 Å². The van der Waals surface area contributed by atoms with Crippen molar-refractivity contribution in [3.8, 4) is 0 Å². The van der Waals surface area contributed by atoms with Crippen molar-refractivity contribution < 1.29 is 0 Å². The second-order valence-electron chi connectivity index (χ2n) is 2.68. The van der Waals surface area contributed by atoms with E-state index in [0.29, 0.717) is 5.96 Å². The molecule has 5 nitrogen and oxygen atoms in total. The molecule has 0 bridgehead atoms. The number of rotatable bonds is 4. The van der Waals surface area contributed by atoms with E-state index >= 15 is 0 Å². The summed E-state index contributed by atoms with van der Waals surface area (Å²) in [4.78, 5) is 10.9. The highest BCUT2D eigenvalue weighted by molar-refractivity contribution is 5.77. The van der Waals surface area contributed by atoms with Gasteiger partial charge < -0.3 is 16.0 Å². The van der Waals surface area contributed by atoms with Crippen LogP contribution in [0.3, 0.4) is 0 Å². The average molecular weight is 181 g/mol. The van der Waals surface area contributed by atoms with Crippen molar-refractivity contribution in [1.82, 2.24) is 15.3 Å². The summed E-state index contributed by atoms with van der Waals surface area (Å²) in [5, 5.41) is 2.98. The molecule has 0 atom stereocenters. The van der Waals surface area contributed by atoms with Crippen LogP contribution in [-0.4, -0.2) is 29.5 Å². The lowest BCUT2D eigenvalue weighted by molar-refractivity contribution is 0.744. The lowest BCUT2D eigenvalue weighted by Gasteiger charge is -2.02. The van der Waals surface area contributed by atoms with E-state index in [1.807, 2.05) is 6.20 Å². The number of aromatic nitrogens is 2. The van der Waals surface area contributed by atoms with E-state index in [4.69, 9.17) is 5.73 Å². The fourth-order valence-electron chi connectivity index (χ4n) is 0.986. The van der Waals surface area contributed by atoms with Gasteiger partial charge in [-0.15, -0.1) is 0 Å². The summed E-state index contributed by atoms with van der Waals surface area (Å²) in [5.41, 5.74) is 5.45. The van der Waals surface area contributed by atoms with Crippen LogP contribution >= 0.6 is 0 Å². The number of aryl methyl sites for hydroxylation is 1. The molecule has 5 heteroatoms. The summed E-state index contributed by atoms with van der Waals surface area (Å²) in [6, 6.07) is 0. The summed E-state index contributed by atoms with van der Waals surface area (Å²) in [7, 11) is 1.66. The zero-order valence-electron chi connectivity index (χ0n) is 7.75. The Balaban J connectivity index is 2.08. The van der Waals surface area contributed by atoms with Crippen molar-refractivity contribution in [2.75, 3.05) is 13.6 Å². The predicted molar refractivity (Wildman–Crippen MR) is 52.5 cm³/mol. The van der Waals surface area contributed by atoms with Crippen molar-refractivity contribution in [2.45, 2.75) is 12.8 Å². The zero-order chi connectivity index (χ0) is 9.52. The van der Waals surface area contributed by atoms with Crippen LogP contribution in [0.5, 0.6) is 0 Å². The molecule has 0 radical (unpaired) electrons. The number of guanidine groups is 1. The van der Waals surface area contributed by atoms with Crippen LogP contribution in [0.15, 0.2) is 17.4 Å². The molecule has 0 spiro atoms. The molecule has 0 saturated carbocycles.